The lowest BCUT2D eigenvalue weighted by molar-refractivity contribution is 0.514. The second kappa shape index (κ2) is 4.27. The summed E-state index contributed by atoms with van der Waals surface area (Å²) in [5.74, 6) is 0.303. The lowest BCUT2D eigenvalue weighted by Gasteiger charge is -2.18. The van der Waals surface area contributed by atoms with E-state index in [1.54, 1.807) is 12.4 Å². The molecule has 13 heavy (non-hydrogen) atoms. The van der Waals surface area contributed by atoms with Gasteiger partial charge in [-0.1, -0.05) is 37.0 Å². The van der Waals surface area contributed by atoms with Crippen LogP contribution in [0.4, 0.5) is 0 Å². The summed E-state index contributed by atoms with van der Waals surface area (Å²) in [4.78, 5) is 3.87. The van der Waals surface area contributed by atoms with E-state index in [0.29, 0.717) is 16.0 Å². The topological polar surface area (TPSA) is 38.9 Å². The lowest BCUT2D eigenvalue weighted by Crippen LogP contribution is -2.17. The van der Waals surface area contributed by atoms with E-state index < -0.39 is 0 Å². The maximum Gasteiger partial charge on any atom is 0.0652 e. The van der Waals surface area contributed by atoms with Gasteiger partial charge in [0.05, 0.1) is 10.0 Å². The normalized spacial score (nSPS) is 13.4. The molecule has 4 heteroatoms. The van der Waals surface area contributed by atoms with Crippen LogP contribution in [-0.4, -0.2) is 4.98 Å². The van der Waals surface area contributed by atoms with Gasteiger partial charge in [0.25, 0.3) is 0 Å². The monoisotopic (exact) mass is 218 g/mol. The van der Waals surface area contributed by atoms with Crippen molar-refractivity contribution in [1.82, 2.24) is 4.98 Å². The molecule has 2 N–H and O–H groups in total. The molecule has 1 rings (SSSR count). The average Bonchev–Trinajstić information content (AvgIpc) is 2.03. The molecule has 72 valence electrons. The third-order valence-corrected chi connectivity index (χ3v) is 2.54. The number of rotatable bonds is 2. The van der Waals surface area contributed by atoms with E-state index in [1.807, 2.05) is 13.8 Å². The van der Waals surface area contributed by atoms with Gasteiger partial charge in [0.2, 0.25) is 0 Å². The Hall–Kier alpha value is -0.310. The first kappa shape index (κ1) is 10.8. The van der Waals surface area contributed by atoms with Crippen molar-refractivity contribution < 1.29 is 0 Å². The predicted octanol–water partition coefficient (Wildman–Crippen LogP) is 3.04. The van der Waals surface area contributed by atoms with Gasteiger partial charge in [0.15, 0.2) is 0 Å². The molecule has 0 saturated carbocycles. The Balaban J connectivity index is 3.12. The molecule has 0 aliphatic rings. The van der Waals surface area contributed by atoms with Gasteiger partial charge in [0, 0.05) is 24.0 Å². The molecule has 1 atom stereocenters. The van der Waals surface area contributed by atoms with Crippen LogP contribution >= 0.6 is 23.2 Å². The highest BCUT2D eigenvalue weighted by Crippen LogP contribution is 2.31. The molecule has 0 aliphatic carbocycles. The smallest absolute Gasteiger partial charge is 0.0652 e. The molecule has 1 heterocycles. The number of nitrogens with two attached hydrogens (primary N) is 1. The first-order chi connectivity index (χ1) is 6.04. The second-order valence-corrected chi connectivity index (χ2v) is 4.10. The van der Waals surface area contributed by atoms with E-state index in [1.165, 1.54) is 0 Å². The Morgan fingerprint density at radius 3 is 2.08 bits per heavy atom. The minimum Gasteiger partial charge on any atom is -0.324 e. The molecular weight excluding hydrogens is 207 g/mol. The molecule has 0 aliphatic heterocycles. The number of nitrogens with zero attached hydrogens (tertiary/aromatic N) is 1. The Morgan fingerprint density at radius 1 is 1.23 bits per heavy atom. The van der Waals surface area contributed by atoms with Crippen molar-refractivity contribution in [3.8, 4) is 0 Å². The number of hydrogen-bond acceptors (Lipinski definition) is 2. The van der Waals surface area contributed by atoms with Crippen LogP contribution in [0.15, 0.2) is 12.4 Å². The summed E-state index contributed by atoms with van der Waals surface area (Å²) in [7, 11) is 0. The van der Waals surface area contributed by atoms with Crippen molar-refractivity contribution in [3.05, 3.63) is 28.0 Å². The third kappa shape index (κ3) is 2.33. The summed E-state index contributed by atoms with van der Waals surface area (Å²) in [6, 6.07) is -0.136. The van der Waals surface area contributed by atoms with Crippen LogP contribution in [-0.2, 0) is 0 Å². The summed E-state index contributed by atoms with van der Waals surface area (Å²) >= 11 is 11.9. The van der Waals surface area contributed by atoms with Gasteiger partial charge < -0.3 is 5.73 Å². The van der Waals surface area contributed by atoms with Crippen molar-refractivity contribution in [3.63, 3.8) is 0 Å². The summed E-state index contributed by atoms with van der Waals surface area (Å²) in [5, 5.41) is 1.07. The minimum atomic E-state index is -0.136. The summed E-state index contributed by atoms with van der Waals surface area (Å²) in [5.41, 5.74) is 6.73. The number of aromatic nitrogens is 1. The highest BCUT2D eigenvalue weighted by Gasteiger charge is 2.17. The van der Waals surface area contributed by atoms with Crippen LogP contribution in [0.2, 0.25) is 10.0 Å². The van der Waals surface area contributed by atoms with E-state index in [-0.39, 0.29) is 6.04 Å². The van der Waals surface area contributed by atoms with Crippen LogP contribution < -0.4 is 5.73 Å². The zero-order valence-corrected chi connectivity index (χ0v) is 9.10. The highest BCUT2D eigenvalue weighted by molar-refractivity contribution is 6.35. The van der Waals surface area contributed by atoms with Crippen LogP contribution in [0.3, 0.4) is 0 Å². The maximum atomic E-state index is 5.94. The van der Waals surface area contributed by atoms with Crippen molar-refractivity contribution in [2.75, 3.05) is 0 Å². The summed E-state index contributed by atoms with van der Waals surface area (Å²) in [6.45, 7) is 4.05. The van der Waals surface area contributed by atoms with Crippen molar-refractivity contribution in [2.24, 2.45) is 11.7 Å². The van der Waals surface area contributed by atoms with Crippen molar-refractivity contribution in [1.29, 1.82) is 0 Å². The van der Waals surface area contributed by atoms with Crippen LogP contribution in [0.5, 0.6) is 0 Å². The quantitative estimate of drug-likeness (QED) is 0.830. The first-order valence-electron chi connectivity index (χ1n) is 4.08. The molecule has 1 aromatic rings. The highest BCUT2D eigenvalue weighted by atomic mass is 35.5. The molecule has 0 radical (unpaired) electrons. The van der Waals surface area contributed by atoms with E-state index in [4.69, 9.17) is 28.9 Å². The standard InChI is InChI=1S/C9H12Cl2N2/c1-5(2)9(12)8-6(10)3-13-4-7(8)11/h3-5,9H,12H2,1-2H3/t9-/m1/s1. The molecule has 0 bridgehead atoms. The minimum absolute atomic E-state index is 0.136. The molecule has 0 aromatic carbocycles. The fourth-order valence-electron chi connectivity index (χ4n) is 1.07. The molecule has 0 unspecified atom stereocenters. The Kier molecular flexibility index (Phi) is 3.54. The summed E-state index contributed by atoms with van der Waals surface area (Å²) < 4.78 is 0. The van der Waals surface area contributed by atoms with Crippen molar-refractivity contribution >= 4 is 23.2 Å². The Labute approximate surface area is 88.1 Å². The van der Waals surface area contributed by atoms with Crippen molar-refractivity contribution in [2.45, 2.75) is 19.9 Å². The maximum absolute atomic E-state index is 5.94. The molecule has 0 saturated heterocycles. The Bertz CT molecular complexity index is 279. The Morgan fingerprint density at radius 2 is 1.69 bits per heavy atom. The zero-order chi connectivity index (χ0) is 10.0. The molecule has 0 fully saturated rings. The second-order valence-electron chi connectivity index (χ2n) is 3.29. The summed E-state index contributed by atoms with van der Waals surface area (Å²) in [6.07, 6.45) is 3.12. The van der Waals surface area contributed by atoms with Gasteiger partial charge in [-0.15, -0.1) is 0 Å². The SMILES string of the molecule is CC(C)[C@@H](N)c1c(Cl)cncc1Cl. The van der Waals surface area contributed by atoms with Gasteiger partial charge in [-0.25, -0.2) is 0 Å². The predicted molar refractivity (Wildman–Crippen MR) is 56.0 cm³/mol. The van der Waals surface area contributed by atoms with Gasteiger partial charge >= 0.3 is 0 Å². The van der Waals surface area contributed by atoms with Gasteiger partial charge in [-0.2, -0.15) is 0 Å². The van der Waals surface area contributed by atoms with Crippen LogP contribution in [0, 0.1) is 5.92 Å². The first-order valence-corrected chi connectivity index (χ1v) is 4.84. The number of halogens is 2. The molecular formula is C9H12Cl2N2. The number of hydrogen-bond donors (Lipinski definition) is 1. The zero-order valence-electron chi connectivity index (χ0n) is 7.59. The third-order valence-electron chi connectivity index (χ3n) is 1.94. The van der Waals surface area contributed by atoms with E-state index in [2.05, 4.69) is 4.98 Å². The molecule has 0 spiro atoms. The van der Waals surface area contributed by atoms with Crippen LogP contribution in [0.1, 0.15) is 25.5 Å². The molecule has 0 amide bonds. The van der Waals surface area contributed by atoms with E-state index >= 15 is 0 Å². The molecule has 1 aromatic heterocycles. The molecule has 2 nitrogen and oxygen atoms in total. The van der Waals surface area contributed by atoms with Gasteiger partial charge in [0.1, 0.15) is 0 Å². The van der Waals surface area contributed by atoms with Gasteiger partial charge in [-0.3, -0.25) is 4.98 Å². The van der Waals surface area contributed by atoms with Crippen LogP contribution in [0.25, 0.3) is 0 Å². The average molecular weight is 219 g/mol. The van der Waals surface area contributed by atoms with E-state index in [9.17, 15) is 0 Å². The largest absolute Gasteiger partial charge is 0.324 e. The number of pyridine rings is 1. The fourth-order valence-corrected chi connectivity index (χ4v) is 1.69. The fraction of sp³-hybridized carbons (Fsp3) is 0.444. The lowest BCUT2D eigenvalue weighted by atomic mass is 9.98. The van der Waals surface area contributed by atoms with E-state index in [0.717, 1.165) is 5.56 Å². The van der Waals surface area contributed by atoms with Gasteiger partial charge in [-0.05, 0) is 5.92 Å².